The Morgan fingerprint density at radius 3 is 2.59 bits per heavy atom. The lowest BCUT2D eigenvalue weighted by atomic mass is 10.0. The van der Waals surface area contributed by atoms with Gasteiger partial charge in [0, 0.05) is 43.3 Å². The summed E-state index contributed by atoms with van der Waals surface area (Å²) in [5.74, 6) is -3.54. The average Bonchev–Trinajstić information content (AvgIpc) is 3.29. The fourth-order valence-electron chi connectivity index (χ4n) is 4.01. The van der Waals surface area contributed by atoms with E-state index in [1.807, 2.05) is 7.05 Å². The van der Waals surface area contributed by atoms with E-state index in [-0.39, 0.29) is 28.0 Å². The van der Waals surface area contributed by atoms with Gasteiger partial charge in [-0.15, -0.1) is 0 Å². The number of nitrogens with one attached hydrogen (secondary N) is 1. The Morgan fingerprint density at radius 2 is 2.00 bits per heavy atom. The van der Waals surface area contributed by atoms with Crippen molar-refractivity contribution >= 4 is 57.1 Å². The van der Waals surface area contributed by atoms with Crippen LogP contribution >= 0.6 is 11.5 Å². The van der Waals surface area contributed by atoms with Crippen LogP contribution in [0.4, 0.5) is 9.93 Å². The van der Waals surface area contributed by atoms with Gasteiger partial charge in [-0.25, -0.2) is 9.59 Å². The van der Waals surface area contributed by atoms with Gasteiger partial charge in [0.2, 0.25) is 11.5 Å². The predicted molar refractivity (Wildman–Crippen MR) is 129 cm³/mol. The maximum Gasteiger partial charge on any atom is 0.410 e. The SMILES string of the molecule is CON=C(C(=O)NC1C(=O)N2C(C(=O)O)=C(COC(=O)N3CCN(C)CC3)CS(=O)[C@@H]12)c1nsc(N)n1. The molecular formula is C19H24N8O8S2. The Bertz CT molecular complexity index is 1210. The second-order valence-corrected chi connectivity index (χ2v) is 10.6. The van der Waals surface area contributed by atoms with Gasteiger partial charge in [0.25, 0.3) is 11.8 Å². The molecular weight excluding hydrogens is 532 g/mol. The third-order valence-electron chi connectivity index (χ3n) is 5.88. The smallest absolute Gasteiger partial charge is 0.410 e. The highest BCUT2D eigenvalue weighted by Gasteiger charge is 2.57. The van der Waals surface area contributed by atoms with Crippen LogP contribution in [-0.4, -0.2) is 127 Å². The topological polar surface area (TPSA) is 210 Å². The van der Waals surface area contributed by atoms with Crippen molar-refractivity contribution in [1.82, 2.24) is 29.4 Å². The lowest BCUT2D eigenvalue weighted by Gasteiger charge is -2.48. The number of piperazine rings is 1. The largest absolute Gasteiger partial charge is 0.477 e. The number of aromatic nitrogens is 2. The number of oxime groups is 1. The van der Waals surface area contributed by atoms with Gasteiger partial charge in [-0.1, -0.05) is 5.16 Å². The number of nitrogens with zero attached hydrogens (tertiary/aromatic N) is 6. The summed E-state index contributed by atoms with van der Waals surface area (Å²) in [6, 6.07) is -1.30. The molecule has 3 amide bonds. The Labute approximate surface area is 216 Å². The van der Waals surface area contributed by atoms with Crippen molar-refractivity contribution in [2.75, 3.05) is 58.4 Å². The lowest BCUT2D eigenvalue weighted by Crippen LogP contribution is -2.74. The number of fused-ring (bicyclic) bond motifs is 1. The van der Waals surface area contributed by atoms with Gasteiger partial charge in [-0.05, 0) is 7.05 Å². The maximum atomic E-state index is 13.0. The van der Waals surface area contributed by atoms with Gasteiger partial charge < -0.3 is 35.5 Å². The molecule has 18 heteroatoms. The predicted octanol–water partition coefficient (Wildman–Crippen LogP) is -2.39. The molecule has 3 atom stereocenters. The number of carboxylic acid groups (broad SMARTS) is 1. The fourth-order valence-corrected chi connectivity index (χ4v) is 6.11. The number of hydrogen-bond donors (Lipinski definition) is 3. The van der Waals surface area contributed by atoms with Gasteiger partial charge in [-0.3, -0.25) is 18.7 Å². The van der Waals surface area contributed by atoms with Crippen LogP contribution in [0.25, 0.3) is 0 Å². The van der Waals surface area contributed by atoms with E-state index < -0.39 is 58.4 Å². The first-order valence-corrected chi connectivity index (χ1v) is 13.0. The molecule has 200 valence electrons. The normalized spacial score (nSPS) is 24.3. The minimum atomic E-state index is -1.81. The molecule has 0 aromatic carbocycles. The molecule has 0 aliphatic carbocycles. The van der Waals surface area contributed by atoms with Crippen molar-refractivity contribution in [2.24, 2.45) is 5.16 Å². The fraction of sp³-hybridized carbons (Fsp3) is 0.526. The molecule has 0 saturated carbocycles. The highest BCUT2D eigenvalue weighted by molar-refractivity contribution is 7.86. The lowest BCUT2D eigenvalue weighted by molar-refractivity contribution is -0.150. The van der Waals surface area contributed by atoms with Gasteiger partial charge in [0.1, 0.15) is 30.8 Å². The van der Waals surface area contributed by atoms with E-state index in [2.05, 4.69) is 29.6 Å². The van der Waals surface area contributed by atoms with E-state index in [9.17, 15) is 28.5 Å². The molecule has 4 rings (SSSR count). The average molecular weight is 557 g/mol. The first kappa shape index (κ1) is 26.4. The zero-order chi connectivity index (χ0) is 26.9. The quantitative estimate of drug-likeness (QED) is 0.182. The van der Waals surface area contributed by atoms with Crippen LogP contribution in [0.5, 0.6) is 0 Å². The number of β-lactam (4-membered cyclic amide) rings is 1. The van der Waals surface area contributed by atoms with Crippen LogP contribution in [0.2, 0.25) is 0 Å². The molecule has 0 radical (unpaired) electrons. The van der Waals surface area contributed by atoms with Crippen molar-refractivity contribution in [3.8, 4) is 0 Å². The van der Waals surface area contributed by atoms with Crippen molar-refractivity contribution < 1.29 is 38.1 Å². The van der Waals surface area contributed by atoms with Gasteiger partial charge in [0.05, 0.1) is 16.6 Å². The number of carboxylic acids is 1. The third kappa shape index (κ3) is 5.25. The number of ether oxygens (including phenoxy) is 1. The first-order valence-electron chi connectivity index (χ1n) is 10.9. The molecule has 0 spiro atoms. The summed E-state index contributed by atoms with van der Waals surface area (Å²) in [5, 5.41) is 14.7. The van der Waals surface area contributed by atoms with Crippen LogP contribution in [-0.2, 0) is 34.8 Å². The van der Waals surface area contributed by atoms with E-state index >= 15 is 0 Å². The molecule has 4 heterocycles. The number of nitrogen functional groups attached to an aromatic ring is 1. The molecule has 3 aliphatic rings. The number of carbonyl (C=O) groups is 4. The standard InChI is InChI=1S/C19H24N8O8S2/c1-25-3-5-26(6-4-25)19(32)35-7-9-8-37(33)16-11(15(29)27(16)12(9)17(30)31)21-14(28)10(23-34-2)13-22-18(20)36-24-13/h11,16H,3-8H2,1-2H3,(H,21,28)(H,30,31)(H2,20,22,24)/t11?,16-,37?/m0/s1. The maximum absolute atomic E-state index is 13.0. The molecule has 2 unspecified atom stereocenters. The summed E-state index contributed by atoms with van der Waals surface area (Å²) < 4.78 is 22.2. The molecule has 0 bridgehead atoms. The Balaban J connectivity index is 1.47. The minimum Gasteiger partial charge on any atom is -0.477 e. The molecule has 1 aromatic heterocycles. The second-order valence-electron chi connectivity index (χ2n) is 8.26. The van der Waals surface area contributed by atoms with Crippen molar-refractivity contribution in [3.63, 3.8) is 0 Å². The van der Waals surface area contributed by atoms with Crippen LogP contribution in [0, 0.1) is 0 Å². The summed E-state index contributed by atoms with van der Waals surface area (Å²) >= 11 is 0.817. The summed E-state index contributed by atoms with van der Waals surface area (Å²) in [6.07, 6.45) is -0.625. The van der Waals surface area contributed by atoms with Gasteiger partial charge >= 0.3 is 12.1 Å². The molecule has 37 heavy (non-hydrogen) atoms. The molecule has 16 nitrogen and oxygen atoms in total. The van der Waals surface area contributed by atoms with Crippen molar-refractivity contribution in [2.45, 2.75) is 11.4 Å². The Kier molecular flexibility index (Phi) is 7.69. The van der Waals surface area contributed by atoms with E-state index in [4.69, 9.17) is 10.5 Å². The zero-order valence-corrected chi connectivity index (χ0v) is 21.4. The van der Waals surface area contributed by atoms with Gasteiger partial charge in [0.15, 0.2) is 5.13 Å². The molecule has 2 fully saturated rings. The summed E-state index contributed by atoms with van der Waals surface area (Å²) in [4.78, 5) is 63.1. The zero-order valence-electron chi connectivity index (χ0n) is 19.8. The van der Waals surface area contributed by atoms with E-state index in [0.29, 0.717) is 26.2 Å². The molecule has 3 aliphatic heterocycles. The minimum absolute atomic E-state index is 0.0338. The van der Waals surface area contributed by atoms with E-state index in [1.165, 1.54) is 12.0 Å². The number of amides is 3. The summed E-state index contributed by atoms with van der Waals surface area (Å²) in [6.45, 7) is 1.81. The number of carbonyl (C=O) groups excluding carboxylic acids is 3. The Morgan fingerprint density at radius 1 is 1.30 bits per heavy atom. The number of anilines is 1. The summed E-state index contributed by atoms with van der Waals surface area (Å²) in [7, 11) is 1.31. The monoisotopic (exact) mass is 556 g/mol. The van der Waals surface area contributed by atoms with Gasteiger partial charge in [-0.2, -0.15) is 9.36 Å². The molecule has 2 saturated heterocycles. The summed E-state index contributed by atoms with van der Waals surface area (Å²) in [5.41, 5.74) is 4.79. The van der Waals surface area contributed by atoms with Crippen molar-refractivity contribution in [1.29, 1.82) is 0 Å². The first-order chi connectivity index (χ1) is 17.6. The molecule has 4 N–H and O–H groups in total. The van der Waals surface area contributed by atoms with Crippen molar-refractivity contribution in [3.05, 3.63) is 17.1 Å². The second kappa shape index (κ2) is 10.8. The molecule has 1 aromatic rings. The number of likely N-dealkylation sites (N-methyl/N-ethyl adjacent to an activating group) is 1. The Hall–Kier alpha value is -3.64. The number of nitrogens with two attached hydrogens (primary N) is 1. The highest BCUT2D eigenvalue weighted by atomic mass is 32.2. The van der Waals surface area contributed by atoms with Crippen LogP contribution in [0.15, 0.2) is 16.4 Å². The van der Waals surface area contributed by atoms with Crippen LogP contribution < -0.4 is 11.1 Å². The third-order valence-corrected chi connectivity index (χ3v) is 8.07. The van der Waals surface area contributed by atoms with Crippen LogP contribution in [0.3, 0.4) is 0 Å². The van der Waals surface area contributed by atoms with Crippen LogP contribution in [0.1, 0.15) is 5.82 Å². The number of hydrogen-bond acceptors (Lipinski definition) is 13. The number of aliphatic carboxylic acids is 1. The van der Waals surface area contributed by atoms with E-state index in [1.54, 1.807) is 0 Å². The highest BCUT2D eigenvalue weighted by Crippen LogP contribution is 2.35. The van der Waals surface area contributed by atoms with E-state index in [0.717, 1.165) is 16.4 Å². The number of rotatable bonds is 7.